The lowest BCUT2D eigenvalue weighted by atomic mass is 10.2. The Balaban J connectivity index is 1.23. The van der Waals surface area contributed by atoms with Crippen LogP contribution in [0.25, 0.3) is 11.0 Å². The van der Waals surface area contributed by atoms with Gasteiger partial charge in [-0.2, -0.15) is 4.98 Å². The molecule has 1 aliphatic heterocycles. The molecule has 0 atom stereocenters. The van der Waals surface area contributed by atoms with Crippen LogP contribution in [0, 0.1) is 5.82 Å². The second-order valence-corrected chi connectivity index (χ2v) is 7.91. The Morgan fingerprint density at radius 1 is 0.875 bits per heavy atom. The van der Waals surface area contributed by atoms with E-state index in [4.69, 9.17) is 16.3 Å². The molecule has 1 fully saturated rings. The summed E-state index contributed by atoms with van der Waals surface area (Å²) < 4.78 is 19.3. The van der Waals surface area contributed by atoms with E-state index in [1.165, 1.54) is 12.3 Å². The minimum Gasteiger partial charge on any atom is -0.472 e. The Hall–Kier alpha value is -3.52. The van der Waals surface area contributed by atoms with Gasteiger partial charge in [0.05, 0.1) is 29.6 Å². The van der Waals surface area contributed by atoms with Crippen molar-refractivity contribution in [3.05, 3.63) is 77.5 Å². The van der Waals surface area contributed by atoms with E-state index >= 15 is 0 Å². The summed E-state index contributed by atoms with van der Waals surface area (Å²) in [4.78, 5) is 21.9. The van der Waals surface area contributed by atoms with Gasteiger partial charge in [0.1, 0.15) is 18.2 Å². The average molecular weight is 451 g/mol. The van der Waals surface area contributed by atoms with Crippen molar-refractivity contribution in [3.63, 3.8) is 0 Å². The number of hydrogen-bond donors (Lipinski definition) is 0. The zero-order valence-electron chi connectivity index (χ0n) is 17.2. The number of halogens is 2. The summed E-state index contributed by atoms with van der Waals surface area (Å²) in [6.07, 6.45) is 4.55. The van der Waals surface area contributed by atoms with Crippen LogP contribution in [-0.2, 0) is 6.61 Å². The van der Waals surface area contributed by atoms with Crippen molar-refractivity contribution < 1.29 is 9.13 Å². The quantitative estimate of drug-likeness (QED) is 0.453. The highest BCUT2D eigenvalue weighted by molar-refractivity contribution is 6.30. The van der Waals surface area contributed by atoms with Crippen LogP contribution in [-0.4, -0.2) is 46.1 Å². The molecular weight excluding hydrogens is 431 g/mol. The third-order valence-corrected chi connectivity index (χ3v) is 5.53. The number of anilines is 2. The third kappa shape index (κ3) is 4.55. The fourth-order valence-corrected chi connectivity index (χ4v) is 3.87. The van der Waals surface area contributed by atoms with Crippen LogP contribution in [0.1, 0.15) is 5.56 Å². The van der Waals surface area contributed by atoms with Gasteiger partial charge in [0.2, 0.25) is 5.88 Å². The molecule has 0 saturated carbocycles. The molecule has 0 radical (unpaired) electrons. The highest BCUT2D eigenvalue weighted by atomic mass is 35.5. The summed E-state index contributed by atoms with van der Waals surface area (Å²) in [5.41, 5.74) is 2.20. The Bertz CT molecular complexity index is 1250. The smallest absolute Gasteiger partial charge is 0.234 e. The number of aromatic nitrogens is 4. The lowest BCUT2D eigenvalue weighted by Gasteiger charge is -2.36. The van der Waals surface area contributed by atoms with Crippen molar-refractivity contribution in [2.45, 2.75) is 6.61 Å². The van der Waals surface area contributed by atoms with Crippen LogP contribution in [0.3, 0.4) is 0 Å². The van der Waals surface area contributed by atoms with Crippen molar-refractivity contribution in [3.8, 4) is 5.88 Å². The maximum absolute atomic E-state index is 13.5. The number of benzene rings is 1. The first kappa shape index (κ1) is 20.4. The van der Waals surface area contributed by atoms with Crippen molar-refractivity contribution in [1.82, 2.24) is 19.9 Å². The topological polar surface area (TPSA) is 67.3 Å². The zero-order chi connectivity index (χ0) is 21.9. The third-order valence-electron chi connectivity index (χ3n) is 5.29. The molecule has 0 bridgehead atoms. The minimum atomic E-state index is -0.386. The largest absolute Gasteiger partial charge is 0.472 e. The van der Waals surface area contributed by atoms with E-state index in [1.807, 2.05) is 36.4 Å². The Morgan fingerprint density at radius 2 is 1.69 bits per heavy atom. The molecule has 3 aromatic heterocycles. The molecule has 1 aliphatic rings. The predicted octanol–water partition coefficient (Wildman–Crippen LogP) is 4.12. The van der Waals surface area contributed by atoms with E-state index in [-0.39, 0.29) is 5.82 Å². The summed E-state index contributed by atoms with van der Waals surface area (Å²) >= 11 is 6.03. The molecule has 0 unspecified atom stereocenters. The summed E-state index contributed by atoms with van der Waals surface area (Å²) in [6, 6.07) is 12.7. The number of hydrogen-bond acceptors (Lipinski definition) is 7. The first-order valence-corrected chi connectivity index (χ1v) is 10.6. The van der Waals surface area contributed by atoms with E-state index < -0.39 is 0 Å². The number of pyridine rings is 2. The van der Waals surface area contributed by atoms with Crippen LogP contribution in [0.5, 0.6) is 5.88 Å². The number of fused-ring (bicyclic) bond motifs is 1. The van der Waals surface area contributed by atoms with E-state index in [1.54, 1.807) is 12.4 Å². The Labute approximate surface area is 189 Å². The lowest BCUT2D eigenvalue weighted by molar-refractivity contribution is 0.292. The van der Waals surface area contributed by atoms with Gasteiger partial charge in [-0.15, -0.1) is 0 Å². The molecule has 5 rings (SSSR count). The fourth-order valence-electron chi connectivity index (χ4n) is 3.66. The van der Waals surface area contributed by atoms with Crippen LogP contribution in [0.4, 0.5) is 16.0 Å². The van der Waals surface area contributed by atoms with Gasteiger partial charge < -0.3 is 14.5 Å². The van der Waals surface area contributed by atoms with Gasteiger partial charge in [-0.05, 0) is 29.8 Å². The van der Waals surface area contributed by atoms with Gasteiger partial charge in [0, 0.05) is 37.3 Å². The van der Waals surface area contributed by atoms with Crippen molar-refractivity contribution in [2.24, 2.45) is 0 Å². The van der Waals surface area contributed by atoms with Gasteiger partial charge in [0.25, 0.3) is 0 Å². The van der Waals surface area contributed by atoms with Crippen molar-refractivity contribution >= 4 is 34.3 Å². The van der Waals surface area contributed by atoms with Crippen LogP contribution < -0.4 is 14.5 Å². The second-order valence-electron chi connectivity index (χ2n) is 7.47. The normalized spacial score (nSPS) is 14.1. The molecule has 9 heteroatoms. The lowest BCUT2D eigenvalue weighted by Crippen LogP contribution is -2.47. The molecule has 32 heavy (non-hydrogen) atoms. The fraction of sp³-hybridized carbons (Fsp3) is 0.217. The highest BCUT2D eigenvalue weighted by Crippen LogP contribution is 2.22. The zero-order valence-corrected chi connectivity index (χ0v) is 17.9. The molecule has 162 valence electrons. The predicted molar refractivity (Wildman–Crippen MR) is 122 cm³/mol. The molecule has 4 heterocycles. The summed E-state index contributed by atoms with van der Waals surface area (Å²) in [5.74, 6) is 1.67. The first-order chi connectivity index (χ1) is 15.6. The monoisotopic (exact) mass is 450 g/mol. The number of rotatable bonds is 5. The van der Waals surface area contributed by atoms with Gasteiger partial charge in [-0.3, -0.25) is 9.97 Å². The van der Waals surface area contributed by atoms with Crippen LogP contribution in [0.2, 0.25) is 5.02 Å². The second kappa shape index (κ2) is 8.92. The molecular formula is C23H20ClFN6O. The van der Waals surface area contributed by atoms with E-state index in [0.717, 1.165) is 43.4 Å². The summed E-state index contributed by atoms with van der Waals surface area (Å²) in [7, 11) is 0. The maximum Gasteiger partial charge on any atom is 0.234 e. The van der Waals surface area contributed by atoms with E-state index in [2.05, 4.69) is 29.7 Å². The SMILES string of the molecule is Fc1cnc2ccc(N3CCN(c4cncc(OCc5cccc(Cl)c5)n4)CC3)nc2c1. The molecule has 0 amide bonds. The van der Waals surface area contributed by atoms with Crippen molar-refractivity contribution in [1.29, 1.82) is 0 Å². The number of ether oxygens (including phenoxy) is 1. The van der Waals surface area contributed by atoms with Gasteiger partial charge in [0.15, 0.2) is 5.82 Å². The first-order valence-electron chi connectivity index (χ1n) is 10.3. The van der Waals surface area contributed by atoms with Gasteiger partial charge in [-0.1, -0.05) is 23.7 Å². The molecule has 0 spiro atoms. The molecule has 1 saturated heterocycles. The van der Waals surface area contributed by atoms with Gasteiger partial charge >= 0.3 is 0 Å². The standard InChI is InChI=1S/C23H20ClFN6O/c24-17-3-1-2-16(10-17)15-32-23-14-26-13-22(29-23)31-8-6-30(7-9-31)21-5-4-19-20(28-21)11-18(25)12-27-19/h1-5,10-14H,6-9,15H2. The summed E-state index contributed by atoms with van der Waals surface area (Å²) in [6.45, 7) is 3.41. The maximum atomic E-state index is 13.5. The van der Waals surface area contributed by atoms with Crippen LogP contribution >= 0.6 is 11.6 Å². The van der Waals surface area contributed by atoms with Gasteiger partial charge in [-0.25, -0.2) is 9.37 Å². The Morgan fingerprint density at radius 3 is 2.50 bits per heavy atom. The van der Waals surface area contributed by atoms with E-state index in [9.17, 15) is 4.39 Å². The minimum absolute atomic E-state index is 0.371. The van der Waals surface area contributed by atoms with E-state index in [0.29, 0.717) is 28.5 Å². The average Bonchev–Trinajstić information content (AvgIpc) is 2.83. The molecule has 7 nitrogen and oxygen atoms in total. The summed E-state index contributed by atoms with van der Waals surface area (Å²) in [5, 5.41) is 0.672. The molecule has 1 aromatic carbocycles. The van der Waals surface area contributed by atoms with Crippen molar-refractivity contribution in [2.75, 3.05) is 36.0 Å². The van der Waals surface area contributed by atoms with Crippen LogP contribution in [0.15, 0.2) is 61.1 Å². The number of nitrogens with zero attached hydrogens (tertiary/aromatic N) is 6. The molecule has 0 N–H and O–H groups in total. The molecule has 0 aliphatic carbocycles. The highest BCUT2D eigenvalue weighted by Gasteiger charge is 2.20. The molecule has 4 aromatic rings. The number of piperazine rings is 1. The Kier molecular flexibility index (Phi) is 5.68.